The average molecular weight is 805 g/mol. The average Bonchev–Trinajstić information content (AvgIpc) is 3.10. The van der Waals surface area contributed by atoms with Gasteiger partial charge in [0.15, 0.2) is 0 Å². The standard InChI is InChI=1S/C38H77IO9/c1-2-3-4-5-6-7-8-9-10-11-12-13-15-18-21-40-23-25-42-27-29-44-31-33-46-35-37-48-38-36-47-34-32-45-30-28-43-26-24-41-22-19-16-14-17-20-39/h2-38H2,1H3. The molecule has 0 rings (SSSR count). The third-order valence-corrected chi connectivity index (χ3v) is 8.55. The highest BCUT2D eigenvalue weighted by atomic mass is 127. The van der Waals surface area contributed by atoms with E-state index in [-0.39, 0.29) is 0 Å². The Morgan fingerprint density at radius 2 is 0.417 bits per heavy atom. The second-order valence-corrected chi connectivity index (χ2v) is 13.3. The molecule has 0 bridgehead atoms. The van der Waals surface area contributed by atoms with Crippen molar-refractivity contribution in [3.8, 4) is 0 Å². The van der Waals surface area contributed by atoms with E-state index in [1.165, 1.54) is 107 Å². The molecule has 0 amide bonds. The molecule has 0 N–H and O–H groups in total. The van der Waals surface area contributed by atoms with E-state index in [2.05, 4.69) is 29.5 Å². The maximum atomic E-state index is 5.68. The SMILES string of the molecule is CCCCCCCCCCCCCCCCOCCOCCOCCOCCOCCOCCOCCOCCOCCCCCCI. The summed E-state index contributed by atoms with van der Waals surface area (Å²) in [5, 5.41) is 0. The normalized spacial score (nSPS) is 11.6. The van der Waals surface area contributed by atoms with Crippen molar-refractivity contribution in [1.82, 2.24) is 0 Å². The Labute approximate surface area is 310 Å². The zero-order chi connectivity index (χ0) is 34.5. The quantitative estimate of drug-likeness (QED) is 0.0342. The first-order chi connectivity index (χ1) is 23.9. The van der Waals surface area contributed by atoms with Gasteiger partial charge in [-0.15, -0.1) is 0 Å². The van der Waals surface area contributed by atoms with Gasteiger partial charge >= 0.3 is 0 Å². The van der Waals surface area contributed by atoms with Crippen LogP contribution in [0.4, 0.5) is 0 Å². The van der Waals surface area contributed by atoms with Crippen LogP contribution in [0.25, 0.3) is 0 Å². The molecule has 0 radical (unpaired) electrons. The van der Waals surface area contributed by atoms with E-state index in [0.29, 0.717) is 106 Å². The van der Waals surface area contributed by atoms with Gasteiger partial charge in [-0.1, -0.05) is 126 Å². The van der Waals surface area contributed by atoms with Crippen LogP contribution in [0, 0.1) is 0 Å². The lowest BCUT2D eigenvalue weighted by Gasteiger charge is -2.09. The molecule has 0 unspecified atom stereocenters. The molecule has 9 nitrogen and oxygen atoms in total. The van der Waals surface area contributed by atoms with Crippen LogP contribution in [0.1, 0.15) is 122 Å². The monoisotopic (exact) mass is 804 g/mol. The summed E-state index contributed by atoms with van der Waals surface area (Å²) in [6, 6.07) is 0. The fraction of sp³-hybridized carbons (Fsp3) is 1.00. The lowest BCUT2D eigenvalue weighted by atomic mass is 10.0. The minimum atomic E-state index is 0.543. The molecule has 0 saturated carbocycles. The van der Waals surface area contributed by atoms with Crippen molar-refractivity contribution in [2.24, 2.45) is 0 Å². The number of ether oxygens (including phenoxy) is 9. The lowest BCUT2D eigenvalue weighted by molar-refractivity contribution is -0.0250. The molecule has 0 aromatic heterocycles. The van der Waals surface area contributed by atoms with Gasteiger partial charge in [0.1, 0.15) is 0 Å². The summed E-state index contributed by atoms with van der Waals surface area (Å²) in [6.45, 7) is 13.2. The Hall–Kier alpha value is 0.370. The van der Waals surface area contributed by atoms with Crippen molar-refractivity contribution in [2.45, 2.75) is 122 Å². The summed E-state index contributed by atoms with van der Waals surface area (Å²) in [5.74, 6) is 0. The number of hydrogen-bond acceptors (Lipinski definition) is 9. The van der Waals surface area contributed by atoms with Crippen LogP contribution in [-0.2, 0) is 42.6 Å². The molecule has 0 aromatic carbocycles. The van der Waals surface area contributed by atoms with Crippen molar-refractivity contribution >= 4 is 22.6 Å². The first-order valence-corrected chi connectivity index (χ1v) is 21.2. The van der Waals surface area contributed by atoms with E-state index in [0.717, 1.165) is 26.1 Å². The summed E-state index contributed by atoms with van der Waals surface area (Å²) in [5.41, 5.74) is 0. The number of alkyl halides is 1. The van der Waals surface area contributed by atoms with Crippen molar-refractivity contribution in [3.63, 3.8) is 0 Å². The minimum absolute atomic E-state index is 0.543. The largest absolute Gasteiger partial charge is 0.379 e. The van der Waals surface area contributed by atoms with Gasteiger partial charge in [0.25, 0.3) is 0 Å². The second-order valence-electron chi connectivity index (χ2n) is 12.2. The Morgan fingerprint density at radius 3 is 0.646 bits per heavy atom. The van der Waals surface area contributed by atoms with Crippen molar-refractivity contribution in [3.05, 3.63) is 0 Å². The van der Waals surface area contributed by atoms with Crippen molar-refractivity contribution < 1.29 is 42.6 Å². The van der Waals surface area contributed by atoms with E-state index >= 15 is 0 Å². The third-order valence-electron chi connectivity index (χ3n) is 7.79. The fourth-order valence-corrected chi connectivity index (χ4v) is 5.45. The van der Waals surface area contributed by atoms with Gasteiger partial charge < -0.3 is 42.6 Å². The minimum Gasteiger partial charge on any atom is -0.379 e. The zero-order valence-corrected chi connectivity index (χ0v) is 33.4. The molecule has 0 aliphatic heterocycles. The first kappa shape index (κ1) is 48.4. The van der Waals surface area contributed by atoms with Crippen molar-refractivity contribution in [1.29, 1.82) is 0 Å². The van der Waals surface area contributed by atoms with Crippen LogP contribution in [0.2, 0.25) is 0 Å². The Morgan fingerprint density at radius 1 is 0.229 bits per heavy atom. The smallest absolute Gasteiger partial charge is 0.0701 e. The highest BCUT2D eigenvalue weighted by molar-refractivity contribution is 14.1. The maximum absolute atomic E-state index is 5.68. The van der Waals surface area contributed by atoms with Crippen LogP contribution >= 0.6 is 22.6 Å². The molecule has 48 heavy (non-hydrogen) atoms. The van der Waals surface area contributed by atoms with E-state index in [9.17, 15) is 0 Å². The third kappa shape index (κ3) is 46.4. The molecule has 0 fully saturated rings. The maximum Gasteiger partial charge on any atom is 0.0701 e. The topological polar surface area (TPSA) is 83.1 Å². The van der Waals surface area contributed by atoms with Gasteiger partial charge in [-0.05, 0) is 23.7 Å². The van der Waals surface area contributed by atoms with E-state index in [1.807, 2.05) is 0 Å². The number of unbranched alkanes of at least 4 members (excludes halogenated alkanes) is 16. The van der Waals surface area contributed by atoms with Crippen molar-refractivity contribution in [2.75, 3.05) is 123 Å². The molecule has 0 atom stereocenters. The summed E-state index contributed by atoms with van der Waals surface area (Å²) in [6.07, 6.45) is 24.3. The van der Waals surface area contributed by atoms with Gasteiger partial charge in [-0.2, -0.15) is 0 Å². The number of hydrogen-bond donors (Lipinski definition) is 0. The van der Waals surface area contributed by atoms with Crippen LogP contribution in [0.5, 0.6) is 0 Å². The van der Waals surface area contributed by atoms with Crippen LogP contribution in [0.3, 0.4) is 0 Å². The van der Waals surface area contributed by atoms with Gasteiger partial charge in [0.05, 0.1) is 106 Å². The summed E-state index contributed by atoms with van der Waals surface area (Å²) >= 11 is 2.43. The van der Waals surface area contributed by atoms with Crippen LogP contribution in [-0.4, -0.2) is 123 Å². The van der Waals surface area contributed by atoms with E-state index < -0.39 is 0 Å². The van der Waals surface area contributed by atoms with E-state index in [1.54, 1.807) is 0 Å². The molecular weight excluding hydrogens is 727 g/mol. The zero-order valence-electron chi connectivity index (χ0n) is 31.2. The summed E-state index contributed by atoms with van der Waals surface area (Å²) < 4.78 is 51.2. The molecule has 0 aromatic rings. The fourth-order valence-electron chi connectivity index (χ4n) is 4.91. The molecular formula is C38H77IO9. The Bertz CT molecular complexity index is 502. The molecule has 0 heterocycles. The van der Waals surface area contributed by atoms with E-state index in [4.69, 9.17) is 42.6 Å². The Kier molecular flexibility index (Phi) is 47.7. The molecule has 0 saturated heterocycles. The predicted molar refractivity (Wildman–Crippen MR) is 205 cm³/mol. The highest BCUT2D eigenvalue weighted by Crippen LogP contribution is 2.13. The van der Waals surface area contributed by atoms with Crippen LogP contribution in [0.15, 0.2) is 0 Å². The molecule has 290 valence electrons. The van der Waals surface area contributed by atoms with Gasteiger partial charge in [-0.3, -0.25) is 0 Å². The van der Waals surface area contributed by atoms with Gasteiger partial charge in [0.2, 0.25) is 0 Å². The second kappa shape index (κ2) is 47.4. The van der Waals surface area contributed by atoms with Gasteiger partial charge in [-0.25, -0.2) is 0 Å². The molecule has 10 heteroatoms. The van der Waals surface area contributed by atoms with Crippen LogP contribution < -0.4 is 0 Å². The van der Waals surface area contributed by atoms with Gasteiger partial charge in [0, 0.05) is 13.2 Å². The molecule has 0 aliphatic carbocycles. The Balaban J connectivity index is 3.04. The lowest BCUT2D eigenvalue weighted by Crippen LogP contribution is -2.15. The highest BCUT2D eigenvalue weighted by Gasteiger charge is 1.97. The molecule has 0 spiro atoms. The summed E-state index contributed by atoms with van der Waals surface area (Å²) in [7, 11) is 0. The molecule has 0 aliphatic rings. The predicted octanol–water partition coefficient (Wildman–Crippen LogP) is 8.61. The number of halogens is 1. The summed E-state index contributed by atoms with van der Waals surface area (Å²) in [4.78, 5) is 0. The first-order valence-electron chi connectivity index (χ1n) is 19.7. The number of rotatable bonds is 45.